The molecule has 0 saturated carbocycles. The van der Waals surface area contributed by atoms with Crippen LogP contribution in [0.1, 0.15) is 28.1 Å². The summed E-state index contributed by atoms with van der Waals surface area (Å²) in [6, 6.07) is 12.4. The fourth-order valence-corrected chi connectivity index (χ4v) is 3.99. The first-order chi connectivity index (χ1) is 13.1. The standard InChI is InChI=1S/C20H22N2O4S/c23-18(16-8-4-10-22(16)19(24)17-9-5-11-27-17)21-13-15(20(25)26)12-14-6-2-1-3-7-14/h1-3,5-7,9,11,15-16H,4,8,10,12-13H2,(H,21,23)(H,25,26). The van der Waals surface area contributed by atoms with Gasteiger partial charge >= 0.3 is 5.97 Å². The second kappa shape index (κ2) is 8.81. The van der Waals surface area contributed by atoms with Crippen LogP contribution in [0.15, 0.2) is 47.8 Å². The number of amides is 2. The molecule has 1 saturated heterocycles. The molecule has 7 heteroatoms. The summed E-state index contributed by atoms with van der Waals surface area (Å²) >= 11 is 1.35. The first-order valence-electron chi connectivity index (χ1n) is 8.95. The molecule has 0 aliphatic carbocycles. The van der Waals surface area contributed by atoms with Crippen molar-refractivity contribution in [2.45, 2.75) is 25.3 Å². The monoisotopic (exact) mass is 386 g/mol. The molecule has 2 heterocycles. The van der Waals surface area contributed by atoms with E-state index >= 15 is 0 Å². The Morgan fingerprint density at radius 3 is 2.63 bits per heavy atom. The number of aliphatic carboxylic acids is 1. The van der Waals surface area contributed by atoms with Gasteiger partial charge in [0.1, 0.15) is 6.04 Å². The van der Waals surface area contributed by atoms with Crippen molar-refractivity contribution in [2.75, 3.05) is 13.1 Å². The molecule has 3 rings (SSSR count). The Morgan fingerprint density at radius 1 is 1.19 bits per heavy atom. The lowest BCUT2D eigenvalue weighted by Gasteiger charge is -2.24. The van der Waals surface area contributed by atoms with Crippen LogP contribution in [0, 0.1) is 5.92 Å². The number of rotatable bonds is 7. The minimum absolute atomic E-state index is 0.0423. The van der Waals surface area contributed by atoms with E-state index < -0.39 is 17.9 Å². The number of carbonyl (C=O) groups is 3. The lowest BCUT2D eigenvalue weighted by atomic mass is 9.99. The molecule has 27 heavy (non-hydrogen) atoms. The van der Waals surface area contributed by atoms with Gasteiger partial charge in [0, 0.05) is 13.1 Å². The zero-order chi connectivity index (χ0) is 19.2. The number of carboxylic acid groups (broad SMARTS) is 1. The number of carbonyl (C=O) groups excluding carboxylic acids is 2. The highest BCUT2D eigenvalue weighted by molar-refractivity contribution is 7.12. The van der Waals surface area contributed by atoms with Crippen molar-refractivity contribution in [2.24, 2.45) is 5.92 Å². The molecule has 1 aliphatic rings. The van der Waals surface area contributed by atoms with Gasteiger partial charge in [-0.3, -0.25) is 14.4 Å². The minimum Gasteiger partial charge on any atom is -0.481 e. The van der Waals surface area contributed by atoms with E-state index in [0.717, 1.165) is 12.0 Å². The Bertz CT molecular complexity index is 792. The van der Waals surface area contributed by atoms with Crippen molar-refractivity contribution in [3.05, 3.63) is 58.3 Å². The average molecular weight is 386 g/mol. The summed E-state index contributed by atoms with van der Waals surface area (Å²) in [7, 11) is 0. The van der Waals surface area contributed by atoms with E-state index in [2.05, 4.69) is 5.32 Å². The van der Waals surface area contributed by atoms with E-state index in [-0.39, 0.29) is 18.4 Å². The lowest BCUT2D eigenvalue weighted by molar-refractivity contribution is -0.141. The largest absolute Gasteiger partial charge is 0.481 e. The van der Waals surface area contributed by atoms with Gasteiger partial charge in [-0.15, -0.1) is 11.3 Å². The summed E-state index contributed by atoms with van der Waals surface area (Å²) in [6.07, 6.45) is 1.71. The van der Waals surface area contributed by atoms with Crippen LogP contribution in [0.25, 0.3) is 0 Å². The smallest absolute Gasteiger partial charge is 0.308 e. The van der Waals surface area contributed by atoms with E-state index in [0.29, 0.717) is 24.3 Å². The molecule has 1 aliphatic heterocycles. The van der Waals surface area contributed by atoms with Crippen LogP contribution < -0.4 is 5.32 Å². The molecule has 1 fully saturated rings. The Kier molecular flexibility index (Phi) is 6.24. The van der Waals surface area contributed by atoms with Gasteiger partial charge in [-0.25, -0.2) is 0 Å². The van der Waals surface area contributed by atoms with Gasteiger partial charge in [-0.1, -0.05) is 36.4 Å². The van der Waals surface area contributed by atoms with Crippen molar-refractivity contribution in [1.29, 1.82) is 0 Å². The Balaban J connectivity index is 1.59. The molecule has 2 aromatic rings. The first kappa shape index (κ1) is 19.1. The maximum atomic E-state index is 12.6. The van der Waals surface area contributed by atoms with Gasteiger partial charge in [0.05, 0.1) is 10.8 Å². The van der Waals surface area contributed by atoms with Crippen LogP contribution in [0.4, 0.5) is 0 Å². The zero-order valence-corrected chi connectivity index (χ0v) is 15.7. The Morgan fingerprint density at radius 2 is 1.96 bits per heavy atom. The van der Waals surface area contributed by atoms with Crippen LogP contribution in [0.5, 0.6) is 0 Å². The van der Waals surface area contributed by atoms with Crippen LogP contribution in [-0.4, -0.2) is 46.9 Å². The molecule has 142 valence electrons. The van der Waals surface area contributed by atoms with Crippen molar-refractivity contribution in [3.8, 4) is 0 Å². The molecular weight excluding hydrogens is 364 g/mol. The maximum absolute atomic E-state index is 12.6. The third-order valence-electron chi connectivity index (χ3n) is 4.75. The lowest BCUT2D eigenvalue weighted by Crippen LogP contribution is -2.47. The highest BCUT2D eigenvalue weighted by Crippen LogP contribution is 2.22. The van der Waals surface area contributed by atoms with E-state index in [4.69, 9.17) is 0 Å². The number of thiophene rings is 1. The molecule has 0 radical (unpaired) electrons. The molecule has 0 spiro atoms. The molecular formula is C20H22N2O4S. The number of hydrogen-bond acceptors (Lipinski definition) is 4. The molecule has 6 nitrogen and oxygen atoms in total. The molecule has 2 N–H and O–H groups in total. The van der Waals surface area contributed by atoms with Crippen LogP contribution in [0.3, 0.4) is 0 Å². The van der Waals surface area contributed by atoms with Crippen molar-refractivity contribution < 1.29 is 19.5 Å². The first-order valence-corrected chi connectivity index (χ1v) is 9.83. The van der Waals surface area contributed by atoms with Gasteiger partial charge in [0.25, 0.3) is 5.91 Å². The second-order valence-corrected chi connectivity index (χ2v) is 7.55. The van der Waals surface area contributed by atoms with Gasteiger partial charge in [-0.05, 0) is 36.3 Å². The molecule has 0 bridgehead atoms. The van der Waals surface area contributed by atoms with Gasteiger partial charge in [-0.2, -0.15) is 0 Å². The molecule has 1 aromatic heterocycles. The van der Waals surface area contributed by atoms with Crippen molar-refractivity contribution >= 4 is 29.1 Å². The number of benzene rings is 1. The predicted octanol–water partition coefficient (Wildman–Crippen LogP) is 2.41. The molecule has 2 amide bonds. The van der Waals surface area contributed by atoms with Crippen LogP contribution in [-0.2, 0) is 16.0 Å². The summed E-state index contributed by atoms with van der Waals surface area (Å²) in [6.45, 7) is 0.585. The summed E-state index contributed by atoms with van der Waals surface area (Å²) in [5, 5.41) is 14.0. The van der Waals surface area contributed by atoms with E-state index in [1.54, 1.807) is 11.0 Å². The molecule has 1 aromatic carbocycles. The van der Waals surface area contributed by atoms with Crippen molar-refractivity contribution in [3.63, 3.8) is 0 Å². The SMILES string of the molecule is O=C(O)C(CNC(=O)C1CCCN1C(=O)c1cccs1)Cc1ccccc1. The van der Waals surface area contributed by atoms with Crippen LogP contribution >= 0.6 is 11.3 Å². The number of hydrogen-bond donors (Lipinski definition) is 2. The van der Waals surface area contributed by atoms with Gasteiger partial charge < -0.3 is 15.3 Å². The zero-order valence-electron chi connectivity index (χ0n) is 14.8. The highest BCUT2D eigenvalue weighted by Gasteiger charge is 2.35. The number of nitrogens with one attached hydrogen (secondary N) is 1. The number of likely N-dealkylation sites (tertiary alicyclic amines) is 1. The van der Waals surface area contributed by atoms with Gasteiger partial charge in [0.15, 0.2) is 0 Å². The number of nitrogens with zero attached hydrogens (tertiary/aromatic N) is 1. The third-order valence-corrected chi connectivity index (χ3v) is 5.60. The highest BCUT2D eigenvalue weighted by atomic mass is 32.1. The van der Waals surface area contributed by atoms with Crippen molar-refractivity contribution in [1.82, 2.24) is 10.2 Å². The summed E-state index contributed by atoms with van der Waals surface area (Å²) in [5.41, 5.74) is 0.912. The summed E-state index contributed by atoms with van der Waals surface area (Å²) < 4.78 is 0. The minimum atomic E-state index is -0.947. The quantitative estimate of drug-likeness (QED) is 0.765. The van der Waals surface area contributed by atoms with Crippen LogP contribution in [0.2, 0.25) is 0 Å². The van der Waals surface area contributed by atoms with E-state index in [1.807, 2.05) is 41.8 Å². The predicted molar refractivity (Wildman–Crippen MR) is 103 cm³/mol. The fraction of sp³-hybridized carbons (Fsp3) is 0.350. The maximum Gasteiger partial charge on any atom is 0.308 e. The topological polar surface area (TPSA) is 86.7 Å². The Labute approximate surface area is 161 Å². The summed E-state index contributed by atoms with van der Waals surface area (Å²) in [4.78, 5) is 38.9. The number of carboxylic acids is 1. The van der Waals surface area contributed by atoms with Gasteiger partial charge in [0.2, 0.25) is 5.91 Å². The second-order valence-electron chi connectivity index (χ2n) is 6.60. The molecule has 2 atom stereocenters. The van der Waals surface area contributed by atoms with E-state index in [1.165, 1.54) is 11.3 Å². The third kappa shape index (κ3) is 4.74. The van der Waals surface area contributed by atoms with E-state index in [9.17, 15) is 19.5 Å². The Hall–Kier alpha value is -2.67. The average Bonchev–Trinajstić information content (AvgIpc) is 3.36. The fourth-order valence-electron chi connectivity index (χ4n) is 3.31. The molecule has 2 unspecified atom stereocenters. The normalized spacial score (nSPS) is 17.5. The summed E-state index contributed by atoms with van der Waals surface area (Å²) in [5.74, 6) is -2.07.